The molecule has 2 heterocycles. The molecule has 5 atom stereocenters. The summed E-state index contributed by atoms with van der Waals surface area (Å²) < 4.78 is 11.2. The maximum Gasteiger partial charge on any atom is 0.231 e. The van der Waals surface area contributed by atoms with Gasteiger partial charge >= 0.3 is 0 Å². The molecule has 1 aromatic rings. The molecule has 20 heavy (non-hydrogen) atoms. The Kier molecular flexibility index (Phi) is 2.72. The average molecular weight is 274 g/mol. The molecule has 3 N–H and O–H groups in total. The highest BCUT2D eigenvalue weighted by molar-refractivity contribution is 5.86. The lowest BCUT2D eigenvalue weighted by Crippen LogP contribution is -2.69. The number of nitrogens with one attached hydrogen (secondary N) is 1. The van der Waals surface area contributed by atoms with E-state index in [1.165, 1.54) is 0 Å². The lowest BCUT2D eigenvalue weighted by atomic mass is 9.72. The molecule has 1 aliphatic carbocycles. The second-order valence-corrected chi connectivity index (χ2v) is 5.80. The molecule has 1 saturated carbocycles. The number of fused-ring (bicyclic) bond motifs is 2. The summed E-state index contributed by atoms with van der Waals surface area (Å²) in [6.07, 6.45) is 1.11. The molecule has 5 heteroatoms. The second-order valence-electron chi connectivity index (χ2n) is 5.80. The van der Waals surface area contributed by atoms with Gasteiger partial charge in [0, 0.05) is 24.1 Å². The van der Waals surface area contributed by atoms with Crippen molar-refractivity contribution in [1.82, 2.24) is 5.32 Å². The second kappa shape index (κ2) is 4.46. The zero-order valence-electron chi connectivity index (χ0n) is 11.1. The van der Waals surface area contributed by atoms with E-state index in [0.717, 1.165) is 24.3 Å². The summed E-state index contributed by atoms with van der Waals surface area (Å²) in [6, 6.07) is 7.65. The highest BCUT2D eigenvalue weighted by Gasteiger charge is 2.53. The van der Waals surface area contributed by atoms with E-state index < -0.39 is 0 Å². The molecule has 0 radical (unpaired) electrons. The minimum absolute atomic E-state index is 0.00986. The van der Waals surface area contributed by atoms with Gasteiger partial charge in [0.2, 0.25) is 5.91 Å². The number of hydrogen-bond acceptors (Lipinski definition) is 4. The van der Waals surface area contributed by atoms with Gasteiger partial charge in [-0.2, -0.15) is 0 Å². The normalized spacial score (nSPS) is 37.5. The molecule has 5 unspecified atom stereocenters. The van der Waals surface area contributed by atoms with Gasteiger partial charge in [0.25, 0.3) is 0 Å². The van der Waals surface area contributed by atoms with Crippen molar-refractivity contribution in [1.29, 1.82) is 0 Å². The minimum atomic E-state index is -0.237. The maximum atomic E-state index is 12.4. The Hall–Kier alpha value is -1.59. The van der Waals surface area contributed by atoms with Crippen molar-refractivity contribution in [3.8, 4) is 5.75 Å². The smallest absolute Gasteiger partial charge is 0.231 e. The fraction of sp³-hybridized carbons (Fsp3) is 0.533. The zero-order chi connectivity index (χ0) is 13.7. The molecule has 1 amide bonds. The van der Waals surface area contributed by atoms with Crippen LogP contribution in [0.5, 0.6) is 5.75 Å². The van der Waals surface area contributed by atoms with Crippen LogP contribution in [0.4, 0.5) is 0 Å². The fourth-order valence-corrected chi connectivity index (χ4v) is 3.57. The van der Waals surface area contributed by atoms with Crippen LogP contribution < -0.4 is 15.8 Å². The molecule has 5 nitrogen and oxygen atoms in total. The van der Waals surface area contributed by atoms with Crippen LogP contribution >= 0.6 is 0 Å². The maximum absolute atomic E-state index is 12.4. The number of amides is 1. The van der Waals surface area contributed by atoms with Crippen molar-refractivity contribution in [3.05, 3.63) is 29.8 Å². The van der Waals surface area contributed by atoms with Crippen LogP contribution in [0, 0.1) is 5.92 Å². The topological polar surface area (TPSA) is 73.6 Å². The Morgan fingerprint density at radius 2 is 2.20 bits per heavy atom. The Balaban J connectivity index is 1.47. The van der Waals surface area contributed by atoms with Crippen LogP contribution in [-0.2, 0) is 9.53 Å². The highest BCUT2D eigenvalue weighted by Crippen LogP contribution is 2.39. The molecular formula is C15H18N2O3. The summed E-state index contributed by atoms with van der Waals surface area (Å²) in [5.74, 6) is 0.969. The van der Waals surface area contributed by atoms with E-state index in [0.29, 0.717) is 12.5 Å². The van der Waals surface area contributed by atoms with E-state index in [1.54, 1.807) is 0 Å². The van der Waals surface area contributed by atoms with Crippen LogP contribution in [0.2, 0.25) is 0 Å². The van der Waals surface area contributed by atoms with Gasteiger partial charge in [-0.25, -0.2) is 0 Å². The third-order valence-corrected chi connectivity index (χ3v) is 4.77. The number of nitrogens with two attached hydrogens (primary N) is 1. The SMILES string of the molecule is NC1C2CCOC2C1NC(=O)C1COc2ccccc21. The zero-order valence-corrected chi connectivity index (χ0v) is 11.1. The van der Waals surface area contributed by atoms with E-state index in [-0.39, 0.29) is 30.0 Å². The standard InChI is InChI=1S/C15H18N2O3/c16-12-9-5-6-19-14(9)13(12)17-15(18)10-7-20-11-4-2-1-3-8(10)11/h1-4,9-10,12-14H,5-7,16H2,(H,17,18). The lowest BCUT2D eigenvalue weighted by molar-refractivity contribution is -0.127. The Morgan fingerprint density at radius 1 is 1.35 bits per heavy atom. The van der Waals surface area contributed by atoms with Crippen LogP contribution in [0.1, 0.15) is 17.9 Å². The Labute approximate surface area is 117 Å². The Bertz CT molecular complexity index is 548. The monoisotopic (exact) mass is 274 g/mol. The molecule has 0 aromatic heterocycles. The van der Waals surface area contributed by atoms with Gasteiger partial charge in [-0.3, -0.25) is 4.79 Å². The van der Waals surface area contributed by atoms with Crippen molar-refractivity contribution in [3.63, 3.8) is 0 Å². The van der Waals surface area contributed by atoms with E-state index in [1.807, 2.05) is 24.3 Å². The number of benzene rings is 1. The predicted octanol–water partition coefficient (Wildman–Crippen LogP) is 0.393. The first-order valence-corrected chi connectivity index (χ1v) is 7.15. The molecule has 1 saturated heterocycles. The number of hydrogen-bond donors (Lipinski definition) is 2. The van der Waals surface area contributed by atoms with Gasteiger partial charge in [-0.15, -0.1) is 0 Å². The van der Waals surface area contributed by atoms with E-state index in [9.17, 15) is 4.79 Å². The predicted molar refractivity (Wildman–Crippen MR) is 72.4 cm³/mol. The quantitative estimate of drug-likeness (QED) is 0.818. The van der Waals surface area contributed by atoms with Crippen LogP contribution in [0.3, 0.4) is 0 Å². The number of ether oxygens (including phenoxy) is 2. The molecule has 106 valence electrons. The number of rotatable bonds is 2. The summed E-state index contributed by atoms with van der Waals surface area (Å²) in [4.78, 5) is 12.4. The molecule has 0 spiro atoms. The average Bonchev–Trinajstić information content (AvgIpc) is 3.08. The number of carbonyl (C=O) groups is 1. The number of carbonyl (C=O) groups excluding carboxylic acids is 1. The van der Waals surface area contributed by atoms with Crippen LogP contribution in [0.25, 0.3) is 0 Å². The first kappa shape index (κ1) is 12.2. The van der Waals surface area contributed by atoms with Crippen LogP contribution in [-0.4, -0.2) is 37.3 Å². The summed E-state index contributed by atoms with van der Waals surface area (Å²) in [6.45, 7) is 1.16. The third kappa shape index (κ3) is 1.66. The first-order valence-electron chi connectivity index (χ1n) is 7.15. The fourth-order valence-electron chi connectivity index (χ4n) is 3.57. The summed E-state index contributed by atoms with van der Waals surface area (Å²) in [5.41, 5.74) is 7.08. The third-order valence-electron chi connectivity index (χ3n) is 4.77. The van der Waals surface area contributed by atoms with Crippen molar-refractivity contribution >= 4 is 5.91 Å². The molecule has 0 bridgehead atoms. The molecule has 2 aliphatic heterocycles. The van der Waals surface area contributed by atoms with Crippen molar-refractivity contribution in [2.45, 2.75) is 30.5 Å². The Morgan fingerprint density at radius 3 is 3.10 bits per heavy atom. The van der Waals surface area contributed by atoms with Gasteiger partial charge in [0.15, 0.2) is 0 Å². The van der Waals surface area contributed by atoms with Crippen molar-refractivity contribution < 1.29 is 14.3 Å². The van der Waals surface area contributed by atoms with E-state index in [4.69, 9.17) is 15.2 Å². The van der Waals surface area contributed by atoms with Gasteiger partial charge < -0.3 is 20.5 Å². The molecular weight excluding hydrogens is 256 g/mol. The number of para-hydroxylation sites is 1. The van der Waals surface area contributed by atoms with Crippen molar-refractivity contribution in [2.75, 3.05) is 13.2 Å². The summed E-state index contributed by atoms with van der Waals surface area (Å²) in [5, 5.41) is 3.05. The van der Waals surface area contributed by atoms with Gasteiger partial charge in [-0.05, 0) is 12.5 Å². The first-order chi connectivity index (χ1) is 9.75. The molecule has 2 fully saturated rings. The van der Waals surface area contributed by atoms with E-state index >= 15 is 0 Å². The van der Waals surface area contributed by atoms with E-state index in [2.05, 4.69) is 5.32 Å². The highest BCUT2D eigenvalue weighted by atomic mass is 16.5. The van der Waals surface area contributed by atoms with Gasteiger partial charge in [-0.1, -0.05) is 18.2 Å². The molecule has 3 aliphatic rings. The van der Waals surface area contributed by atoms with Crippen LogP contribution in [0.15, 0.2) is 24.3 Å². The lowest BCUT2D eigenvalue weighted by Gasteiger charge is -2.45. The minimum Gasteiger partial charge on any atom is -0.492 e. The van der Waals surface area contributed by atoms with Gasteiger partial charge in [0.1, 0.15) is 18.3 Å². The van der Waals surface area contributed by atoms with Gasteiger partial charge in [0.05, 0.1) is 12.1 Å². The summed E-state index contributed by atoms with van der Waals surface area (Å²) >= 11 is 0. The summed E-state index contributed by atoms with van der Waals surface area (Å²) in [7, 11) is 0. The molecule has 4 rings (SSSR count). The molecule has 1 aromatic carbocycles. The largest absolute Gasteiger partial charge is 0.492 e. The van der Waals surface area contributed by atoms with Crippen molar-refractivity contribution in [2.24, 2.45) is 11.7 Å².